The Kier molecular flexibility index (Phi) is 2.30. The number of ether oxygens (including phenoxy) is 2. The largest absolute Gasteiger partial charge is 0.501 e. The van der Waals surface area contributed by atoms with Gasteiger partial charge in [0.2, 0.25) is 0 Å². The second-order valence-electron chi connectivity index (χ2n) is 4.64. The first-order chi connectivity index (χ1) is 6.61. The molecule has 1 aliphatic carbocycles. The maximum Gasteiger partial charge on any atom is 0.104 e. The summed E-state index contributed by atoms with van der Waals surface area (Å²) in [5.41, 5.74) is 1.47. The smallest absolute Gasteiger partial charge is 0.104 e. The minimum absolute atomic E-state index is 0.00895. The summed E-state index contributed by atoms with van der Waals surface area (Å²) in [7, 11) is 1.73. The van der Waals surface area contributed by atoms with Crippen molar-refractivity contribution in [2.45, 2.75) is 45.1 Å². The van der Waals surface area contributed by atoms with Crippen LogP contribution in [0.25, 0.3) is 0 Å². The molecular formula is C12H18O2. The van der Waals surface area contributed by atoms with Gasteiger partial charge in [-0.1, -0.05) is 0 Å². The van der Waals surface area contributed by atoms with E-state index in [1.165, 1.54) is 12.0 Å². The SMILES string of the molecule is COC1=CCC2=C(C1)OC(C)(C)CC2. The Bertz CT molecular complexity index is 297. The Morgan fingerprint density at radius 1 is 1.43 bits per heavy atom. The number of rotatable bonds is 1. The first-order valence-corrected chi connectivity index (χ1v) is 5.24. The molecular weight excluding hydrogens is 176 g/mol. The highest BCUT2D eigenvalue weighted by atomic mass is 16.5. The zero-order valence-corrected chi connectivity index (χ0v) is 9.22. The molecule has 0 saturated carbocycles. The van der Waals surface area contributed by atoms with Crippen LogP contribution in [0.3, 0.4) is 0 Å². The lowest BCUT2D eigenvalue weighted by Crippen LogP contribution is -2.29. The minimum Gasteiger partial charge on any atom is -0.501 e. The summed E-state index contributed by atoms with van der Waals surface area (Å²) in [6.45, 7) is 4.31. The Balaban J connectivity index is 2.13. The summed E-state index contributed by atoms with van der Waals surface area (Å²) < 4.78 is 11.2. The van der Waals surface area contributed by atoms with Crippen LogP contribution in [0.2, 0.25) is 0 Å². The maximum atomic E-state index is 5.97. The van der Waals surface area contributed by atoms with Crippen molar-refractivity contribution >= 4 is 0 Å². The lowest BCUT2D eigenvalue weighted by atomic mass is 9.89. The second kappa shape index (κ2) is 3.34. The predicted octanol–water partition coefficient (Wildman–Crippen LogP) is 3.15. The molecule has 0 aromatic carbocycles. The summed E-state index contributed by atoms with van der Waals surface area (Å²) >= 11 is 0. The van der Waals surface area contributed by atoms with Gasteiger partial charge in [-0.25, -0.2) is 0 Å². The van der Waals surface area contributed by atoms with Gasteiger partial charge < -0.3 is 9.47 Å². The van der Waals surface area contributed by atoms with Gasteiger partial charge in [-0.05, 0) is 44.8 Å². The Labute approximate surface area is 85.6 Å². The number of methoxy groups -OCH3 is 1. The molecule has 2 rings (SSSR count). The van der Waals surface area contributed by atoms with Crippen molar-refractivity contribution in [1.82, 2.24) is 0 Å². The van der Waals surface area contributed by atoms with E-state index < -0.39 is 0 Å². The summed E-state index contributed by atoms with van der Waals surface area (Å²) in [6.07, 6.45) is 6.32. The third kappa shape index (κ3) is 1.79. The fourth-order valence-electron chi connectivity index (χ4n) is 2.05. The van der Waals surface area contributed by atoms with E-state index in [4.69, 9.17) is 9.47 Å². The third-order valence-corrected chi connectivity index (χ3v) is 3.00. The summed E-state index contributed by atoms with van der Waals surface area (Å²) in [5, 5.41) is 0. The molecule has 0 unspecified atom stereocenters. The van der Waals surface area contributed by atoms with Crippen LogP contribution < -0.4 is 0 Å². The molecule has 2 aliphatic rings. The molecule has 78 valence electrons. The minimum atomic E-state index is 0.00895. The van der Waals surface area contributed by atoms with Crippen molar-refractivity contribution in [2.75, 3.05) is 7.11 Å². The standard InChI is InChI=1S/C12H18O2/c1-12(2)7-6-9-4-5-10(13-3)8-11(9)14-12/h5H,4,6-8H2,1-3H3. The molecule has 0 saturated heterocycles. The Morgan fingerprint density at radius 3 is 2.93 bits per heavy atom. The Morgan fingerprint density at radius 2 is 2.21 bits per heavy atom. The fourth-order valence-corrected chi connectivity index (χ4v) is 2.05. The van der Waals surface area contributed by atoms with Crippen LogP contribution in [0.15, 0.2) is 23.2 Å². The van der Waals surface area contributed by atoms with Crippen LogP contribution in [0.1, 0.15) is 39.5 Å². The highest BCUT2D eigenvalue weighted by Gasteiger charge is 2.29. The van der Waals surface area contributed by atoms with Gasteiger partial charge in [0.25, 0.3) is 0 Å². The van der Waals surface area contributed by atoms with Gasteiger partial charge in [-0.15, -0.1) is 0 Å². The molecule has 0 aromatic heterocycles. The molecule has 1 aliphatic heterocycles. The van der Waals surface area contributed by atoms with E-state index >= 15 is 0 Å². The topological polar surface area (TPSA) is 18.5 Å². The average Bonchev–Trinajstić information content (AvgIpc) is 2.15. The molecule has 0 atom stereocenters. The quantitative estimate of drug-likeness (QED) is 0.638. The van der Waals surface area contributed by atoms with Crippen LogP contribution in [-0.4, -0.2) is 12.7 Å². The van der Waals surface area contributed by atoms with Gasteiger partial charge in [0.05, 0.1) is 19.3 Å². The molecule has 0 radical (unpaired) electrons. The van der Waals surface area contributed by atoms with E-state index in [-0.39, 0.29) is 5.60 Å². The number of hydrogen-bond donors (Lipinski definition) is 0. The lowest BCUT2D eigenvalue weighted by Gasteiger charge is -2.36. The monoisotopic (exact) mass is 194 g/mol. The van der Waals surface area contributed by atoms with Crippen LogP contribution in [0.4, 0.5) is 0 Å². The van der Waals surface area contributed by atoms with Crippen LogP contribution >= 0.6 is 0 Å². The molecule has 0 bridgehead atoms. The lowest BCUT2D eigenvalue weighted by molar-refractivity contribution is 0.00522. The third-order valence-electron chi connectivity index (χ3n) is 3.00. The zero-order chi connectivity index (χ0) is 10.2. The normalized spacial score (nSPS) is 24.9. The highest BCUT2D eigenvalue weighted by Crippen LogP contribution is 2.38. The molecule has 2 heteroatoms. The van der Waals surface area contributed by atoms with Crippen molar-refractivity contribution in [3.05, 3.63) is 23.2 Å². The van der Waals surface area contributed by atoms with Gasteiger partial charge in [0.1, 0.15) is 11.4 Å². The van der Waals surface area contributed by atoms with Gasteiger partial charge in [0, 0.05) is 0 Å². The van der Waals surface area contributed by atoms with Gasteiger partial charge in [0.15, 0.2) is 0 Å². The predicted molar refractivity (Wildman–Crippen MR) is 55.8 cm³/mol. The van der Waals surface area contributed by atoms with Gasteiger partial charge in [-0.3, -0.25) is 0 Å². The van der Waals surface area contributed by atoms with E-state index in [0.717, 1.165) is 30.8 Å². The average molecular weight is 194 g/mol. The molecule has 1 heterocycles. The van der Waals surface area contributed by atoms with Crippen molar-refractivity contribution in [2.24, 2.45) is 0 Å². The summed E-state index contributed by atoms with van der Waals surface area (Å²) in [4.78, 5) is 0. The maximum absolute atomic E-state index is 5.97. The molecule has 0 spiro atoms. The second-order valence-corrected chi connectivity index (χ2v) is 4.64. The molecule has 0 N–H and O–H groups in total. The van der Waals surface area contributed by atoms with E-state index in [2.05, 4.69) is 19.9 Å². The highest BCUT2D eigenvalue weighted by molar-refractivity contribution is 5.25. The molecule has 2 nitrogen and oxygen atoms in total. The summed E-state index contributed by atoms with van der Waals surface area (Å²) in [6, 6.07) is 0. The molecule has 0 aromatic rings. The van der Waals surface area contributed by atoms with Crippen LogP contribution in [0.5, 0.6) is 0 Å². The van der Waals surface area contributed by atoms with E-state index in [0.29, 0.717) is 0 Å². The van der Waals surface area contributed by atoms with Crippen molar-refractivity contribution in [1.29, 1.82) is 0 Å². The van der Waals surface area contributed by atoms with Gasteiger partial charge in [-0.2, -0.15) is 0 Å². The first kappa shape index (κ1) is 9.63. The van der Waals surface area contributed by atoms with Crippen LogP contribution in [0, 0.1) is 0 Å². The van der Waals surface area contributed by atoms with Crippen molar-refractivity contribution < 1.29 is 9.47 Å². The van der Waals surface area contributed by atoms with E-state index in [1.54, 1.807) is 7.11 Å². The molecule has 0 fully saturated rings. The summed E-state index contributed by atoms with van der Waals surface area (Å²) in [5.74, 6) is 2.20. The van der Waals surface area contributed by atoms with Gasteiger partial charge >= 0.3 is 0 Å². The molecule has 14 heavy (non-hydrogen) atoms. The fraction of sp³-hybridized carbons (Fsp3) is 0.667. The van der Waals surface area contributed by atoms with Crippen molar-refractivity contribution in [3.8, 4) is 0 Å². The van der Waals surface area contributed by atoms with E-state index in [1.807, 2.05) is 0 Å². The zero-order valence-electron chi connectivity index (χ0n) is 9.22. The first-order valence-electron chi connectivity index (χ1n) is 5.24. The Hall–Kier alpha value is -0.920. The number of hydrogen-bond acceptors (Lipinski definition) is 2. The molecule has 0 amide bonds. The van der Waals surface area contributed by atoms with Crippen LogP contribution in [-0.2, 0) is 9.47 Å². The van der Waals surface area contributed by atoms with Crippen molar-refractivity contribution in [3.63, 3.8) is 0 Å². The number of allylic oxidation sites excluding steroid dienone is 2. The van der Waals surface area contributed by atoms with E-state index in [9.17, 15) is 0 Å².